The van der Waals surface area contributed by atoms with Crippen LogP contribution < -0.4 is 0 Å². The highest BCUT2D eigenvalue weighted by molar-refractivity contribution is 4.65. The molecule has 116 valence electrons. The molecule has 0 N–H and O–H groups in total. The van der Waals surface area contributed by atoms with Gasteiger partial charge in [-0.1, -0.05) is 117 Å². The Hall–Kier alpha value is 0. The van der Waals surface area contributed by atoms with Gasteiger partial charge in [0.1, 0.15) is 0 Å². The molecule has 0 aromatic carbocycles. The molecule has 0 amide bonds. The SMILES string of the molecule is CC.CCCCCCCCCCCC1CCCCC1. The Labute approximate surface area is 123 Å². The number of rotatable bonds is 10. The van der Waals surface area contributed by atoms with E-state index < -0.39 is 0 Å². The van der Waals surface area contributed by atoms with Crippen LogP contribution in [0.25, 0.3) is 0 Å². The Kier molecular flexibility index (Phi) is 16.1. The maximum atomic E-state index is 2.30. The van der Waals surface area contributed by atoms with Crippen molar-refractivity contribution >= 4 is 0 Å². The van der Waals surface area contributed by atoms with Crippen LogP contribution in [0.4, 0.5) is 0 Å². The molecule has 1 fully saturated rings. The molecule has 1 saturated carbocycles. The van der Waals surface area contributed by atoms with Gasteiger partial charge in [0.05, 0.1) is 0 Å². The molecule has 0 aromatic heterocycles. The summed E-state index contributed by atoms with van der Waals surface area (Å²) in [4.78, 5) is 0. The van der Waals surface area contributed by atoms with E-state index in [0.717, 1.165) is 5.92 Å². The first-order chi connectivity index (χ1) is 9.43. The van der Waals surface area contributed by atoms with Crippen molar-refractivity contribution in [1.29, 1.82) is 0 Å². The first kappa shape index (κ1) is 19.0. The second-order valence-electron chi connectivity index (χ2n) is 6.12. The van der Waals surface area contributed by atoms with Crippen LogP contribution in [0.5, 0.6) is 0 Å². The molecule has 0 radical (unpaired) electrons. The van der Waals surface area contributed by atoms with E-state index >= 15 is 0 Å². The quantitative estimate of drug-likeness (QED) is 0.359. The van der Waals surface area contributed by atoms with Gasteiger partial charge in [0.15, 0.2) is 0 Å². The van der Waals surface area contributed by atoms with Crippen LogP contribution in [0.2, 0.25) is 0 Å². The maximum absolute atomic E-state index is 2.30. The van der Waals surface area contributed by atoms with Crippen LogP contribution in [0.1, 0.15) is 117 Å². The molecule has 0 aromatic rings. The summed E-state index contributed by atoms with van der Waals surface area (Å²) in [5, 5.41) is 0. The molecule has 0 nitrogen and oxygen atoms in total. The summed E-state index contributed by atoms with van der Waals surface area (Å²) in [5.74, 6) is 1.10. The van der Waals surface area contributed by atoms with Crippen LogP contribution >= 0.6 is 0 Å². The van der Waals surface area contributed by atoms with E-state index in [2.05, 4.69) is 6.92 Å². The van der Waals surface area contributed by atoms with E-state index in [0.29, 0.717) is 0 Å². The molecule has 0 heterocycles. The highest BCUT2D eigenvalue weighted by atomic mass is 14.2. The van der Waals surface area contributed by atoms with Gasteiger partial charge in [-0.05, 0) is 5.92 Å². The minimum absolute atomic E-state index is 1.10. The van der Waals surface area contributed by atoms with Gasteiger partial charge in [0.25, 0.3) is 0 Å². The first-order valence-corrected chi connectivity index (χ1v) is 9.43. The van der Waals surface area contributed by atoms with Crippen molar-refractivity contribution in [2.24, 2.45) is 5.92 Å². The monoisotopic (exact) mass is 268 g/mol. The van der Waals surface area contributed by atoms with Crippen LogP contribution in [0.15, 0.2) is 0 Å². The smallest absolute Gasteiger partial charge is 0.0414 e. The topological polar surface area (TPSA) is 0 Å². The van der Waals surface area contributed by atoms with E-state index in [1.165, 1.54) is 96.3 Å². The molecule has 1 rings (SSSR count). The molecule has 0 unspecified atom stereocenters. The Morgan fingerprint density at radius 3 is 1.63 bits per heavy atom. The molecule has 0 bridgehead atoms. The zero-order valence-corrected chi connectivity index (χ0v) is 14.2. The van der Waals surface area contributed by atoms with Gasteiger partial charge in [-0.25, -0.2) is 0 Å². The molecule has 0 spiro atoms. The van der Waals surface area contributed by atoms with Crippen molar-refractivity contribution < 1.29 is 0 Å². The third-order valence-electron chi connectivity index (χ3n) is 4.44. The minimum Gasteiger partial charge on any atom is -0.0683 e. The summed E-state index contributed by atoms with van der Waals surface area (Å²) >= 11 is 0. The van der Waals surface area contributed by atoms with Gasteiger partial charge in [-0.3, -0.25) is 0 Å². The number of unbranched alkanes of at least 4 members (excludes halogenated alkanes) is 8. The van der Waals surface area contributed by atoms with Gasteiger partial charge >= 0.3 is 0 Å². The van der Waals surface area contributed by atoms with Crippen molar-refractivity contribution in [3.05, 3.63) is 0 Å². The lowest BCUT2D eigenvalue weighted by Gasteiger charge is -2.21. The van der Waals surface area contributed by atoms with Gasteiger partial charge in [-0.15, -0.1) is 0 Å². The highest BCUT2D eigenvalue weighted by Crippen LogP contribution is 2.28. The first-order valence-electron chi connectivity index (χ1n) is 9.43. The molecule has 19 heavy (non-hydrogen) atoms. The zero-order chi connectivity index (χ0) is 14.2. The fraction of sp³-hybridized carbons (Fsp3) is 1.00. The lowest BCUT2D eigenvalue weighted by atomic mass is 9.85. The Morgan fingerprint density at radius 1 is 0.632 bits per heavy atom. The van der Waals surface area contributed by atoms with Gasteiger partial charge in [-0.2, -0.15) is 0 Å². The maximum Gasteiger partial charge on any atom is -0.0414 e. The van der Waals surface area contributed by atoms with Gasteiger partial charge < -0.3 is 0 Å². The Morgan fingerprint density at radius 2 is 1.11 bits per heavy atom. The average Bonchev–Trinajstić information content (AvgIpc) is 2.49. The largest absolute Gasteiger partial charge is 0.0683 e. The highest BCUT2D eigenvalue weighted by Gasteiger charge is 2.12. The van der Waals surface area contributed by atoms with E-state index in [-0.39, 0.29) is 0 Å². The van der Waals surface area contributed by atoms with E-state index in [1.54, 1.807) is 0 Å². The molecule has 1 aliphatic rings. The molecule has 0 saturated heterocycles. The van der Waals surface area contributed by atoms with E-state index in [1.807, 2.05) is 13.8 Å². The fourth-order valence-electron chi connectivity index (χ4n) is 3.22. The third-order valence-corrected chi connectivity index (χ3v) is 4.44. The van der Waals surface area contributed by atoms with Gasteiger partial charge in [0.2, 0.25) is 0 Å². The lowest BCUT2D eigenvalue weighted by molar-refractivity contribution is 0.328. The minimum atomic E-state index is 1.10. The predicted molar refractivity (Wildman–Crippen MR) is 89.8 cm³/mol. The van der Waals surface area contributed by atoms with Crippen molar-refractivity contribution in [2.75, 3.05) is 0 Å². The summed E-state index contributed by atoms with van der Waals surface area (Å²) in [6.45, 7) is 6.30. The van der Waals surface area contributed by atoms with Crippen molar-refractivity contribution in [2.45, 2.75) is 117 Å². The van der Waals surface area contributed by atoms with Crippen LogP contribution in [0.3, 0.4) is 0 Å². The summed E-state index contributed by atoms with van der Waals surface area (Å²) in [7, 11) is 0. The number of hydrogen-bond donors (Lipinski definition) is 0. The van der Waals surface area contributed by atoms with Crippen molar-refractivity contribution in [3.63, 3.8) is 0 Å². The van der Waals surface area contributed by atoms with Crippen LogP contribution in [-0.4, -0.2) is 0 Å². The predicted octanol–water partition coefficient (Wildman–Crippen LogP) is 7.51. The zero-order valence-electron chi connectivity index (χ0n) is 14.2. The summed E-state index contributed by atoms with van der Waals surface area (Å²) in [6.07, 6.45) is 22.4. The molecule has 1 aliphatic carbocycles. The van der Waals surface area contributed by atoms with Crippen LogP contribution in [-0.2, 0) is 0 Å². The normalized spacial score (nSPS) is 15.9. The Balaban J connectivity index is 0.00000154. The molecular weight excluding hydrogens is 228 g/mol. The van der Waals surface area contributed by atoms with E-state index in [9.17, 15) is 0 Å². The average molecular weight is 269 g/mol. The molecule has 0 atom stereocenters. The van der Waals surface area contributed by atoms with Crippen molar-refractivity contribution in [3.8, 4) is 0 Å². The summed E-state index contributed by atoms with van der Waals surface area (Å²) in [6, 6.07) is 0. The van der Waals surface area contributed by atoms with Crippen LogP contribution in [0, 0.1) is 5.92 Å². The number of hydrogen-bond acceptors (Lipinski definition) is 0. The third kappa shape index (κ3) is 12.8. The fourth-order valence-corrected chi connectivity index (χ4v) is 3.22. The van der Waals surface area contributed by atoms with Crippen molar-refractivity contribution in [1.82, 2.24) is 0 Å². The van der Waals surface area contributed by atoms with E-state index in [4.69, 9.17) is 0 Å². The lowest BCUT2D eigenvalue weighted by Crippen LogP contribution is -2.05. The molecular formula is C19H40. The molecule has 0 aliphatic heterocycles. The second-order valence-corrected chi connectivity index (χ2v) is 6.12. The Bertz CT molecular complexity index is 144. The summed E-state index contributed by atoms with van der Waals surface area (Å²) < 4.78 is 0. The summed E-state index contributed by atoms with van der Waals surface area (Å²) in [5.41, 5.74) is 0. The standard InChI is InChI=1S/C17H34.C2H6/c1-2-3-4-5-6-7-8-9-11-14-17-15-12-10-13-16-17;1-2/h17H,2-16H2,1H3;1-2H3. The molecule has 0 heteroatoms. The second kappa shape index (κ2) is 16.1. The van der Waals surface area contributed by atoms with Gasteiger partial charge in [0, 0.05) is 0 Å².